The van der Waals surface area contributed by atoms with Gasteiger partial charge >= 0.3 is 0 Å². The summed E-state index contributed by atoms with van der Waals surface area (Å²) in [5, 5.41) is 0. The summed E-state index contributed by atoms with van der Waals surface area (Å²) in [7, 11) is 0. The summed E-state index contributed by atoms with van der Waals surface area (Å²) < 4.78 is 24.1. The summed E-state index contributed by atoms with van der Waals surface area (Å²) in [5.74, 6) is -3.03. The molecule has 1 aliphatic carbocycles. The molecule has 9 heavy (non-hydrogen) atoms. The summed E-state index contributed by atoms with van der Waals surface area (Å²) in [6.07, 6.45) is 0.159. The first kappa shape index (κ1) is 6.86. The summed E-state index contributed by atoms with van der Waals surface area (Å²) in [4.78, 5) is 0.192. The fraction of sp³-hybridized carbons (Fsp3) is 0.800. The maximum absolute atomic E-state index is 12.0. The monoisotopic (exact) mass is 151 g/mol. The molecule has 1 nitrogen and oxygen atoms in total. The SMILES string of the molecule is NC(=S)CC1CC1(F)F. The second-order valence-corrected chi connectivity index (χ2v) is 2.86. The fourth-order valence-corrected chi connectivity index (χ4v) is 0.935. The maximum Gasteiger partial charge on any atom is 0.252 e. The molecule has 0 aromatic carbocycles. The molecule has 52 valence electrons. The van der Waals surface area contributed by atoms with Gasteiger partial charge in [-0.3, -0.25) is 0 Å². The van der Waals surface area contributed by atoms with Crippen LogP contribution < -0.4 is 5.73 Å². The van der Waals surface area contributed by atoms with Gasteiger partial charge in [-0.05, 0) is 0 Å². The average molecular weight is 151 g/mol. The van der Waals surface area contributed by atoms with Crippen molar-refractivity contribution in [3.8, 4) is 0 Å². The lowest BCUT2D eigenvalue weighted by atomic mass is 10.3. The number of thiocarbonyl (C=S) groups is 1. The second-order valence-electron chi connectivity index (χ2n) is 2.33. The highest BCUT2D eigenvalue weighted by molar-refractivity contribution is 7.80. The minimum Gasteiger partial charge on any atom is -0.393 e. The zero-order valence-electron chi connectivity index (χ0n) is 4.73. The highest BCUT2D eigenvalue weighted by Gasteiger charge is 2.56. The van der Waals surface area contributed by atoms with Crippen molar-refractivity contribution in [2.24, 2.45) is 11.7 Å². The quantitative estimate of drug-likeness (QED) is 0.602. The Kier molecular flexibility index (Phi) is 1.42. The van der Waals surface area contributed by atoms with E-state index >= 15 is 0 Å². The van der Waals surface area contributed by atoms with Gasteiger partial charge in [0.15, 0.2) is 0 Å². The van der Waals surface area contributed by atoms with E-state index in [0.717, 1.165) is 0 Å². The van der Waals surface area contributed by atoms with Crippen molar-refractivity contribution < 1.29 is 8.78 Å². The van der Waals surface area contributed by atoms with E-state index in [0.29, 0.717) is 0 Å². The molecule has 0 bridgehead atoms. The molecule has 1 saturated carbocycles. The van der Waals surface area contributed by atoms with Gasteiger partial charge in [0.2, 0.25) is 0 Å². The van der Waals surface area contributed by atoms with Gasteiger partial charge in [-0.25, -0.2) is 8.78 Å². The lowest BCUT2D eigenvalue weighted by molar-refractivity contribution is 0.100. The van der Waals surface area contributed by atoms with Crippen LogP contribution in [0.15, 0.2) is 0 Å². The van der Waals surface area contributed by atoms with Crippen molar-refractivity contribution >= 4 is 17.2 Å². The van der Waals surface area contributed by atoms with Crippen LogP contribution in [0.1, 0.15) is 12.8 Å². The Labute approximate surface area is 57.2 Å². The van der Waals surface area contributed by atoms with E-state index in [2.05, 4.69) is 12.2 Å². The van der Waals surface area contributed by atoms with Gasteiger partial charge in [-0.1, -0.05) is 12.2 Å². The Morgan fingerprint density at radius 1 is 1.78 bits per heavy atom. The minimum atomic E-state index is -2.47. The topological polar surface area (TPSA) is 26.0 Å². The number of hydrogen-bond acceptors (Lipinski definition) is 1. The summed E-state index contributed by atoms with van der Waals surface area (Å²) in [5.41, 5.74) is 5.05. The summed E-state index contributed by atoms with van der Waals surface area (Å²) in [6, 6.07) is 0. The third-order valence-corrected chi connectivity index (χ3v) is 1.57. The van der Waals surface area contributed by atoms with Crippen molar-refractivity contribution in [3.05, 3.63) is 0 Å². The normalized spacial score (nSPS) is 29.8. The molecular weight excluding hydrogens is 144 g/mol. The molecule has 0 aromatic rings. The van der Waals surface area contributed by atoms with Crippen LogP contribution in [0.25, 0.3) is 0 Å². The van der Waals surface area contributed by atoms with Crippen molar-refractivity contribution in [3.63, 3.8) is 0 Å². The van der Waals surface area contributed by atoms with E-state index in [-0.39, 0.29) is 17.8 Å². The molecule has 1 fully saturated rings. The van der Waals surface area contributed by atoms with Crippen molar-refractivity contribution in [1.29, 1.82) is 0 Å². The number of halogens is 2. The predicted octanol–water partition coefficient (Wildman–Crippen LogP) is 1.32. The minimum absolute atomic E-state index is 0.0374. The largest absolute Gasteiger partial charge is 0.393 e. The first-order valence-electron chi connectivity index (χ1n) is 2.68. The summed E-state index contributed by atoms with van der Waals surface area (Å²) >= 11 is 4.46. The molecule has 0 aliphatic heterocycles. The van der Waals surface area contributed by atoms with E-state index in [1.54, 1.807) is 0 Å². The number of hydrogen-bond donors (Lipinski definition) is 1. The van der Waals surface area contributed by atoms with E-state index in [1.807, 2.05) is 0 Å². The van der Waals surface area contributed by atoms with Crippen LogP contribution in [-0.2, 0) is 0 Å². The Balaban J connectivity index is 2.28. The van der Waals surface area contributed by atoms with Crippen LogP contribution in [0, 0.1) is 5.92 Å². The number of rotatable bonds is 2. The van der Waals surface area contributed by atoms with Gasteiger partial charge in [0, 0.05) is 18.8 Å². The number of alkyl halides is 2. The van der Waals surface area contributed by atoms with E-state index in [4.69, 9.17) is 5.73 Å². The van der Waals surface area contributed by atoms with E-state index in [9.17, 15) is 8.78 Å². The molecule has 1 rings (SSSR count). The first-order chi connectivity index (χ1) is 4.02. The van der Waals surface area contributed by atoms with Crippen LogP contribution in [0.3, 0.4) is 0 Å². The molecular formula is C5H7F2NS. The van der Waals surface area contributed by atoms with Crippen LogP contribution in [0.2, 0.25) is 0 Å². The van der Waals surface area contributed by atoms with Crippen LogP contribution >= 0.6 is 12.2 Å². The highest BCUT2D eigenvalue weighted by Crippen LogP contribution is 2.50. The zero-order chi connectivity index (χ0) is 7.07. The van der Waals surface area contributed by atoms with Crippen LogP contribution in [0.5, 0.6) is 0 Å². The lowest BCUT2D eigenvalue weighted by Gasteiger charge is -1.93. The third kappa shape index (κ3) is 1.58. The molecule has 0 saturated heterocycles. The molecule has 0 radical (unpaired) electrons. The highest BCUT2D eigenvalue weighted by atomic mass is 32.1. The Hall–Kier alpha value is -0.250. The predicted molar refractivity (Wildman–Crippen MR) is 34.5 cm³/mol. The smallest absolute Gasteiger partial charge is 0.252 e. The molecule has 0 amide bonds. The van der Waals surface area contributed by atoms with Crippen molar-refractivity contribution in [2.75, 3.05) is 0 Å². The Bertz CT molecular complexity index is 146. The van der Waals surface area contributed by atoms with Crippen molar-refractivity contribution in [2.45, 2.75) is 18.8 Å². The van der Waals surface area contributed by atoms with Gasteiger partial charge in [0.05, 0.1) is 4.99 Å². The molecule has 0 aromatic heterocycles. The molecule has 1 aliphatic rings. The standard InChI is InChI=1S/C5H7F2NS/c6-5(7)2-3(5)1-4(8)9/h3H,1-2H2,(H2,8,9). The van der Waals surface area contributed by atoms with Gasteiger partial charge in [0.25, 0.3) is 5.92 Å². The molecule has 0 heterocycles. The molecule has 0 spiro atoms. The number of nitrogens with two attached hydrogens (primary N) is 1. The van der Waals surface area contributed by atoms with Crippen LogP contribution in [0.4, 0.5) is 8.78 Å². The third-order valence-electron chi connectivity index (χ3n) is 1.40. The summed E-state index contributed by atoms with van der Waals surface area (Å²) in [6.45, 7) is 0. The zero-order valence-corrected chi connectivity index (χ0v) is 5.55. The van der Waals surface area contributed by atoms with Gasteiger partial charge < -0.3 is 5.73 Å². The molecule has 4 heteroatoms. The Morgan fingerprint density at radius 2 is 2.22 bits per heavy atom. The van der Waals surface area contributed by atoms with Gasteiger partial charge in [-0.15, -0.1) is 0 Å². The fourth-order valence-electron chi connectivity index (χ4n) is 0.734. The Morgan fingerprint density at radius 3 is 2.33 bits per heavy atom. The molecule has 1 unspecified atom stereocenters. The average Bonchev–Trinajstić information content (AvgIpc) is 2.10. The van der Waals surface area contributed by atoms with E-state index in [1.165, 1.54) is 0 Å². The molecule has 1 atom stereocenters. The lowest BCUT2D eigenvalue weighted by Crippen LogP contribution is -2.10. The maximum atomic E-state index is 12.0. The second kappa shape index (κ2) is 1.87. The molecule has 2 N–H and O–H groups in total. The van der Waals surface area contributed by atoms with Gasteiger partial charge in [-0.2, -0.15) is 0 Å². The van der Waals surface area contributed by atoms with Crippen molar-refractivity contribution in [1.82, 2.24) is 0 Å². The van der Waals surface area contributed by atoms with Gasteiger partial charge in [0.1, 0.15) is 0 Å². The first-order valence-corrected chi connectivity index (χ1v) is 3.09. The van der Waals surface area contributed by atoms with Crippen LogP contribution in [-0.4, -0.2) is 10.9 Å². The van der Waals surface area contributed by atoms with E-state index < -0.39 is 11.8 Å².